The van der Waals surface area contributed by atoms with E-state index in [0.717, 1.165) is 35.5 Å². The third-order valence-electron chi connectivity index (χ3n) is 9.00. The van der Waals surface area contributed by atoms with Gasteiger partial charge in [-0.1, -0.05) is 97.1 Å². The van der Waals surface area contributed by atoms with Crippen molar-refractivity contribution in [2.75, 3.05) is 25.1 Å². The second-order valence-corrected chi connectivity index (χ2v) is 12.3. The number of pyridine rings is 1. The molecular weight excluding hydrogens is 622 g/mol. The van der Waals surface area contributed by atoms with E-state index in [9.17, 15) is 9.90 Å². The Morgan fingerprint density at radius 1 is 0.840 bits per heavy atom. The number of allylic oxidation sites excluding steroid dienone is 1. The molecule has 0 fully saturated rings. The fraction of sp³-hybridized carbons (Fsp3) is 0.214. The van der Waals surface area contributed by atoms with Crippen molar-refractivity contribution in [3.8, 4) is 22.8 Å². The van der Waals surface area contributed by atoms with Crippen LogP contribution < -0.4 is 15.1 Å². The number of benzene rings is 4. The van der Waals surface area contributed by atoms with Crippen LogP contribution in [0.5, 0.6) is 11.5 Å². The van der Waals surface area contributed by atoms with Gasteiger partial charge in [0.1, 0.15) is 18.1 Å². The average Bonchev–Trinajstić information content (AvgIpc) is 3.64. The van der Waals surface area contributed by atoms with Crippen LogP contribution in [0.2, 0.25) is 0 Å². The minimum atomic E-state index is -0.360. The first kappa shape index (κ1) is 34.0. The molecule has 0 saturated carbocycles. The van der Waals surface area contributed by atoms with Crippen LogP contribution in [0.3, 0.4) is 0 Å². The van der Waals surface area contributed by atoms with Crippen LogP contribution in [-0.4, -0.2) is 44.9 Å². The first-order valence-electron chi connectivity index (χ1n) is 17.1. The van der Waals surface area contributed by atoms with Gasteiger partial charge < -0.3 is 19.3 Å². The number of likely N-dealkylation sites (N-methyl/N-ethyl adjacent to an activating group) is 1. The lowest BCUT2D eigenvalue weighted by Crippen LogP contribution is -2.23. The maximum atomic E-state index is 11.6. The Kier molecular flexibility index (Phi) is 10.9. The monoisotopic (exact) mass is 665 g/mol. The minimum Gasteiger partial charge on any atom is -0.503 e. The third-order valence-corrected chi connectivity index (χ3v) is 9.00. The molecule has 0 radical (unpaired) electrons. The normalized spacial score (nSPS) is 11.7. The summed E-state index contributed by atoms with van der Waals surface area (Å²) in [5.41, 5.74) is 9.23. The molecule has 0 unspecified atom stereocenters. The number of nitrogens with zero attached hydrogens (tertiary/aromatic N) is 5. The molecule has 8 nitrogen and oxygen atoms in total. The lowest BCUT2D eigenvalue weighted by Gasteiger charge is -2.20. The summed E-state index contributed by atoms with van der Waals surface area (Å²) in [7, 11) is 2.06. The van der Waals surface area contributed by atoms with E-state index < -0.39 is 0 Å². The summed E-state index contributed by atoms with van der Waals surface area (Å²) in [6.07, 6.45) is 5.35. The van der Waals surface area contributed by atoms with Crippen molar-refractivity contribution in [2.45, 2.75) is 39.8 Å². The summed E-state index contributed by atoms with van der Waals surface area (Å²) in [6, 6.07) is 39.3. The van der Waals surface area contributed by atoms with E-state index in [2.05, 4.69) is 126 Å². The van der Waals surface area contributed by atoms with Crippen molar-refractivity contribution in [3.05, 3.63) is 160 Å². The van der Waals surface area contributed by atoms with Crippen LogP contribution in [0.1, 0.15) is 42.1 Å². The Morgan fingerprint density at radius 2 is 1.54 bits per heavy atom. The highest BCUT2D eigenvalue weighted by Gasteiger charge is 2.14. The lowest BCUT2D eigenvalue weighted by atomic mass is 9.88. The topological polar surface area (TPSA) is 85.4 Å². The molecule has 50 heavy (non-hydrogen) atoms. The number of aromatic hydroxyl groups is 1. The largest absolute Gasteiger partial charge is 0.503 e. The zero-order valence-corrected chi connectivity index (χ0v) is 28.9. The molecule has 1 N–H and O–H groups in total. The van der Waals surface area contributed by atoms with Crippen LogP contribution in [0.4, 0.5) is 5.69 Å². The number of aromatic nitrogens is 4. The van der Waals surface area contributed by atoms with Crippen molar-refractivity contribution in [3.63, 3.8) is 0 Å². The fourth-order valence-corrected chi connectivity index (χ4v) is 6.18. The zero-order valence-electron chi connectivity index (χ0n) is 28.9. The van der Waals surface area contributed by atoms with Crippen molar-refractivity contribution in [2.24, 2.45) is 0 Å². The summed E-state index contributed by atoms with van der Waals surface area (Å²) in [5.74, 6) is 0.641. The van der Waals surface area contributed by atoms with Gasteiger partial charge >= 0.3 is 0 Å². The molecule has 0 aliphatic heterocycles. The quantitative estimate of drug-likeness (QED) is 0.118. The Morgan fingerprint density at radius 3 is 2.26 bits per heavy atom. The molecular formula is C42H43N5O3. The smallest absolute Gasteiger partial charge is 0.223 e. The van der Waals surface area contributed by atoms with Crippen molar-refractivity contribution >= 4 is 16.8 Å². The molecule has 254 valence electrons. The molecule has 0 bridgehead atoms. The maximum absolute atomic E-state index is 11.6. The predicted octanol–water partition coefficient (Wildman–Crippen LogP) is 8.10. The van der Waals surface area contributed by atoms with Gasteiger partial charge in [0.2, 0.25) is 5.43 Å². The highest BCUT2D eigenvalue weighted by atomic mass is 16.5. The van der Waals surface area contributed by atoms with Gasteiger partial charge in [-0.15, -0.1) is 5.10 Å². The second-order valence-electron chi connectivity index (χ2n) is 12.3. The van der Waals surface area contributed by atoms with Gasteiger partial charge in [0.05, 0.1) is 18.4 Å². The Hall–Kier alpha value is -5.89. The number of hydrogen-bond acceptors (Lipinski definition) is 6. The molecule has 8 heteroatoms. The number of hydrogen-bond donors (Lipinski definition) is 1. The molecule has 0 aliphatic rings. The summed E-state index contributed by atoms with van der Waals surface area (Å²) in [4.78, 5) is 13.8. The SMILES string of the molecule is CC/C(=C(\c1ccccc1)c1ccc(OCCN(C)c2cccc(-c3cn(CCCn4ccc(=O)c(O)c4C)nn3)c2)cc1)c1ccccc1. The number of anilines is 1. The van der Waals surface area contributed by atoms with Crippen LogP contribution in [0, 0.1) is 6.92 Å². The second kappa shape index (κ2) is 16.0. The van der Waals surface area contributed by atoms with E-state index in [1.807, 2.05) is 27.6 Å². The van der Waals surface area contributed by atoms with Gasteiger partial charge in [0.15, 0.2) is 5.75 Å². The average molecular weight is 666 g/mol. The van der Waals surface area contributed by atoms with Crippen LogP contribution in [0.15, 0.2) is 132 Å². The first-order valence-corrected chi connectivity index (χ1v) is 17.1. The van der Waals surface area contributed by atoms with Crippen molar-refractivity contribution in [1.29, 1.82) is 0 Å². The van der Waals surface area contributed by atoms with Gasteiger partial charge in [0, 0.05) is 43.7 Å². The molecule has 6 aromatic rings. The van der Waals surface area contributed by atoms with E-state index in [0.29, 0.717) is 31.9 Å². The van der Waals surface area contributed by atoms with Crippen LogP contribution >= 0.6 is 0 Å². The highest BCUT2D eigenvalue weighted by molar-refractivity contribution is 5.98. The van der Waals surface area contributed by atoms with Gasteiger partial charge in [-0.25, -0.2) is 0 Å². The number of ether oxygens (including phenoxy) is 1. The Balaban J connectivity index is 1.06. The molecule has 6 rings (SSSR count). The Bertz CT molecular complexity index is 2100. The van der Waals surface area contributed by atoms with E-state index in [4.69, 9.17) is 4.74 Å². The summed E-state index contributed by atoms with van der Waals surface area (Å²) in [5, 5.41) is 18.7. The molecule has 0 saturated heterocycles. The van der Waals surface area contributed by atoms with Crippen molar-refractivity contribution < 1.29 is 9.84 Å². The number of aryl methyl sites for hydroxylation is 2. The summed E-state index contributed by atoms with van der Waals surface area (Å²) < 4.78 is 9.90. The molecule has 0 atom stereocenters. The van der Waals surface area contributed by atoms with Gasteiger partial charge in [0.25, 0.3) is 0 Å². The molecule has 4 aromatic carbocycles. The standard InChI is InChI=1S/C42H43N5O3/c1-4-38(32-13-7-5-8-14-32)41(33-15-9-6-10-16-33)34-19-21-37(22-20-34)50-28-27-45(3)36-18-11-17-35(29-36)39-30-47(44-43-39)25-12-24-46-26-23-40(48)42(49)31(46)2/h5-11,13-23,26,29-30,49H,4,12,24-25,27-28H2,1-3H3/b41-38-. The van der Waals surface area contributed by atoms with Gasteiger partial charge in [-0.05, 0) is 71.9 Å². The molecule has 0 aliphatic carbocycles. The molecule has 2 aromatic heterocycles. The van der Waals surface area contributed by atoms with E-state index >= 15 is 0 Å². The Labute approximate surface area is 293 Å². The molecule has 2 heterocycles. The predicted molar refractivity (Wildman–Crippen MR) is 201 cm³/mol. The van der Waals surface area contributed by atoms with Gasteiger partial charge in [-0.2, -0.15) is 0 Å². The van der Waals surface area contributed by atoms with E-state index in [1.165, 1.54) is 33.9 Å². The van der Waals surface area contributed by atoms with Crippen LogP contribution in [-0.2, 0) is 13.1 Å². The third kappa shape index (κ3) is 8.04. The van der Waals surface area contributed by atoms with E-state index in [1.54, 1.807) is 13.1 Å². The zero-order chi connectivity index (χ0) is 34.9. The minimum absolute atomic E-state index is 0.198. The fourth-order valence-electron chi connectivity index (χ4n) is 6.18. The lowest BCUT2D eigenvalue weighted by molar-refractivity contribution is 0.326. The van der Waals surface area contributed by atoms with Crippen molar-refractivity contribution in [1.82, 2.24) is 19.6 Å². The highest BCUT2D eigenvalue weighted by Crippen LogP contribution is 2.35. The summed E-state index contributed by atoms with van der Waals surface area (Å²) >= 11 is 0. The molecule has 0 spiro atoms. The van der Waals surface area contributed by atoms with Gasteiger partial charge in [-0.3, -0.25) is 9.48 Å². The van der Waals surface area contributed by atoms with Crippen LogP contribution in [0.25, 0.3) is 22.4 Å². The summed E-state index contributed by atoms with van der Waals surface area (Å²) in [6.45, 7) is 6.52. The first-order chi connectivity index (χ1) is 24.4. The maximum Gasteiger partial charge on any atom is 0.223 e. The number of rotatable bonds is 14. The van der Waals surface area contributed by atoms with E-state index in [-0.39, 0.29) is 11.2 Å². The molecule has 0 amide bonds.